The molecule has 4 fully saturated rings. The first-order valence-electron chi connectivity index (χ1n) is 24.7. The van der Waals surface area contributed by atoms with Gasteiger partial charge in [-0.15, -0.1) is 0 Å². The largest absolute Gasteiger partial charge is 0.375 e. The quantitative estimate of drug-likeness (QED) is 0.0812. The van der Waals surface area contributed by atoms with Crippen LogP contribution in [0.4, 0.5) is 0 Å². The van der Waals surface area contributed by atoms with E-state index in [0.29, 0.717) is 12.2 Å². The van der Waals surface area contributed by atoms with Gasteiger partial charge in [0.2, 0.25) is 0 Å². The molecule has 4 aliphatic rings. The van der Waals surface area contributed by atoms with E-state index >= 15 is 0 Å². The minimum Gasteiger partial charge on any atom is -0.375 e. The van der Waals surface area contributed by atoms with Gasteiger partial charge >= 0.3 is 0 Å². The zero-order valence-corrected chi connectivity index (χ0v) is 35.6. The summed E-state index contributed by atoms with van der Waals surface area (Å²) in [5.41, 5.74) is 0. The third-order valence-corrected chi connectivity index (χ3v) is 15.5. The summed E-state index contributed by atoms with van der Waals surface area (Å²) in [6, 6.07) is 0. The van der Waals surface area contributed by atoms with E-state index in [9.17, 15) is 0 Å². The molecular weight excluding hydrogens is 617 g/mol. The smallest absolute Gasteiger partial charge is 0.0579 e. The third kappa shape index (κ3) is 18.0. The lowest BCUT2D eigenvalue weighted by atomic mass is 9.75. The van der Waals surface area contributed by atoms with Crippen LogP contribution in [0.2, 0.25) is 0 Å². The van der Waals surface area contributed by atoms with E-state index in [-0.39, 0.29) is 0 Å². The van der Waals surface area contributed by atoms with Crippen LogP contribution in [0.25, 0.3) is 0 Å². The zero-order chi connectivity index (χ0) is 35.9. The number of hydrogen-bond acceptors (Lipinski definition) is 1. The molecule has 300 valence electrons. The molecule has 0 saturated heterocycles. The van der Waals surface area contributed by atoms with Crippen LogP contribution in [-0.4, -0.2) is 12.2 Å². The first kappa shape index (κ1) is 43.7. The second kappa shape index (κ2) is 26.7. The van der Waals surface area contributed by atoms with Gasteiger partial charge in [0, 0.05) is 0 Å². The van der Waals surface area contributed by atoms with Crippen LogP contribution >= 0.6 is 0 Å². The van der Waals surface area contributed by atoms with Gasteiger partial charge in [-0.3, -0.25) is 0 Å². The SMILES string of the molecule is CCCCCC(CCCC1CCC(OC2CCC(CCCC(CCCCC)CC3CCC(CCC)CC3)CC2)CC1)CC1CCC(CCC)CC1. The topological polar surface area (TPSA) is 9.23 Å². The van der Waals surface area contributed by atoms with Crippen LogP contribution in [0, 0.1) is 47.3 Å². The van der Waals surface area contributed by atoms with Gasteiger partial charge in [-0.1, -0.05) is 195 Å². The van der Waals surface area contributed by atoms with Gasteiger partial charge in [0.15, 0.2) is 0 Å². The standard InChI is InChI=1S/C50H94O/c1-5-9-11-17-45(39-47-27-23-41(15-7-3)24-28-47)21-13-19-43-31-35-49(36-32-43)51-50-37-33-44(34-38-50)20-14-22-46(18-12-10-6-2)40-48-29-25-42(16-8-4)26-30-48/h41-50H,5-40H2,1-4H3. The van der Waals surface area contributed by atoms with Crippen LogP contribution in [0.5, 0.6) is 0 Å². The first-order chi connectivity index (χ1) is 25.1. The van der Waals surface area contributed by atoms with E-state index in [1.54, 1.807) is 38.5 Å². The van der Waals surface area contributed by atoms with Gasteiger partial charge in [0.25, 0.3) is 0 Å². The predicted octanol–water partition coefficient (Wildman–Crippen LogP) is 16.8. The van der Waals surface area contributed by atoms with Gasteiger partial charge in [-0.05, 0) is 112 Å². The van der Waals surface area contributed by atoms with Crippen molar-refractivity contribution < 1.29 is 4.74 Å². The highest BCUT2D eigenvalue weighted by Gasteiger charge is 2.29. The summed E-state index contributed by atoms with van der Waals surface area (Å²) in [5.74, 6) is 8.23. The van der Waals surface area contributed by atoms with Gasteiger partial charge in [0.1, 0.15) is 0 Å². The molecule has 51 heavy (non-hydrogen) atoms. The molecule has 0 spiro atoms. The third-order valence-electron chi connectivity index (χ3n) is 15.5. The van der Waals surface area contributed by atoms with E-state index < -0.39 is 0 Å². The summed E-state index contributed by atoms with van der Waals surface area (Å²) in [5, 5.41) is 0. The van der Waals surface area contributed by atoms with Crippen molar-refractivity contribution >= 4 is 0 Å². The minimum absolute atomic E-state index is 0.577. The van der Waals surface area contributed by atoms with E-state index in [1.165, 1.54) is 193 Å². The minimum atomic E-state index is 0.577. The Hall–Kier alpha value is -0.0400. The second-order valence-corrected chi connectivity index (χ2v) is 19.8. The lowest BCUT2D eigenvalue weighted by Gasteiger charge is -2.35. The highest BCUT2D eigenvalue weighted by molar-refractivity contribution is 4.80. The molecule has 0 N–H and O–H groups in total. The molecule has 2 unspecified atom stereocenters. The molecule has 0 amide bonds. The molecule has 0 heterocycles. The van der Waals surface area contributed by atoms with E-state index in [4.69, 9.17) is 4.74 Å². The van der Waals surface area contributed by atoms with Gasteiger partial charge < -0.3 is 4.74 Å². The van der Waals surface area contributed by atoms with Crippen molar-refractivity contribution in [2.24, 2.45) is 47.3 Å². The molecule has 1 heteroatoms. The second-order valence-electron chi connectivity index (χ2n) is 19.8. The Morgan fingerprint density at radius 3 is 1.00 bits per heavy atom. The summed E-state index contributed by atoms with van der Waals surface area (Å²) in [7, 11) is 0. The summed E-state index contributed by atoms with van der Waals surface area (Å²) < 4.78 is 6.84. The van der Waals surface area contributed by atoms with Crippen LogP contribution in [0.1, 0.15) is 259 Å². The lowest BCUT2D eigenvalue weighted by Crippen LogP contribution is -2.30. The molecule has 2 atom stereocenters. The van der Waals surface area contributed by atoms with Crippen LogP contribution < -0.4 is 0 Å². The maximum absolute atomic E-state index is 6.84. The summed E-state index contributed by atoms with van der Waals surface area (Å²) in [6.07, 6.45) is 54.3. The fourth-order valence-corrected chi connectivity index (χ4v) is 12.2. The molecule has 0 aromatic rings. The normalized spacial score (nSPS) is 31.8. The number of rotatable bonds is 26. The number of hydrogen-bond donors (Lipinski definition) is 0. The maximum atomic E-state index is 6.84. The van der Waals surface area contributed by atoms with Crippen molar-refractivity contribution in [3.8, 4) is 0 Å². The average Bonchev–Trinajstić information content (AvgIpc) is 3.15. The molecule has 1 nitrogen and oxygen atoms in total. The molecule has 0 bridgehead atoms. The van der Waals surface area contributed by atoms with Crippen molar-refractivity contribution in [2.75, 3.05) is 0 Å². The molecule has 0 aromatic heterocycles. The molecule has 0 aromatic carbocycles. The highest BCUT2D eigenvalue weighted by atomic mass is 16.5. The Morgan fingerprint density at radius 1 is 0.333 bits per heavy atom. The van der Waals surface area contributed by atoms with Crippen molar-refractivity contribution in [1.29, 1.82) is 0 Å². The molecule has 4 rings (SSSR count). The molecule has 4 saturated carbocycles. The van der Waals surface area contributed by atoms with Gasteiger partial charge in [-0.25, -0.2) is 0 Å². The Labute approximate surface area is 322 Å². The van der Waals surface area contributed by atoms with E-state index in [2.05, 4.69) is 27.7 Å². The fourth-order valence-electron chi connectivity index (χ4n) is 12.2. The Balaban J connectivity index is 1.05. The molecule has 0 radical (unpaired) electrons. The Bertz CT molecular complexity index is 722. The Morgan fingerprint density at radius 2 is 0.647 bits per heavy atom. The van der Waals surface area contributed by atoms with Crippen LogP contribution in [0.3, 0.4) is 0 Å². The summed E-state index contributed by atoms with van der Waals surface area (Å²) in [4.78, 5) is 0. The maximum Gasteiger partial charge on any atom is 0.0579 e. The Kier molecular flexibility index (Phi) is 22.9. The first-order valence-corrected chi connectivity index (χ1v) is 24.7. The van der Waals surface area contributed by atoms with E-state index in [1.807, 2.05) is 0 Å². The van der Waals surface area contributed by atoms with Crippen molar-refractivity contribution in [3.63, 3.8) is 0 Å². The monoisotopic (exact) mass is 711 g/mol. The van der Waals surface area contributed by atoms with Crippen molar-refractivity contribution in [3.05, 3.63) is 0 Å². The fraction of sp³-hybridized carbons (Fsp3) is 1.00. The van der Waals surface area contributed by atoms with Crippen LogP contribution in [-0.2, 0) is 4.74 Å². The summed E-state index contributed by atoms with van der Waals surface area (Å²) in [6.45, 7) is 9.51. The average molecular weight is 711 g/mol. The number of ether oxygens (including phenoxy) is 1. The highest BCUT2D eigenvalue weighted by Crippen LogP contribution is 2.40. The lowest BCUT2D eigenvalue weighted by molar-refractivity contribution is -0.0573. The predicted molar refractivity (Wildman–Crippen MR) is 225 cm³/mol. The van der Waals surface area contributed by atoms with Crippen LogP contribution in [0.15, 0.2) is 0 Å². The summed E-state index contributed by atoms with van der Waals surface area (Å²) >= 11 is 0. The molecule has 4 aliphatic carbocycles. The van der Waals surface area contributed by atoms with Gasteiger partial charge in [-0.2, -0.15) is 0 Å². The van der Waals surface area contributed by atoms with E-state index in [0.717, 1.165) is 47.3 Å². The molecular formula is C50H94O. The van der Waals surface area contributed by atoms with Gasteiger partial charge in [0.05, 0.1) is 12.2 Å². The van der Waals surface area contributed by atoms with Crippen molar-refractivity contribution in [2.45, 2.75) is 271 Å². The molecule has 0 aliphatic heterocycles. The van der Waals surface area contributed by atoms with Crippen molar-refractivity contribution in [1.82, 2.24) is 0 Å². The number of unbranched alkanes of at least 4 members (excludes halogenated alkanes) is 4. The zero-order valence-electron chi connectivity index (χ0n) is 35.6.